The maximum absolute atomic E-state index is 15.0. The Morgan fingerprint density at radius 1 is 1.02 bits per heavy atom. The van der Waals surface area contributed by atoms with Crippen LogP contribution in [-0.2, 0) is 6.54 Å². The van der Waals surface area contributed by atoms with Gasteiger partial charge in [-0.3, -0.25) is 9.69 Å². The molecule has 2 aromatic carbocycles. The van der Waals surface area contributed by atoms with Gasteiger partial charge in [0, 0.05) is 69.6 Å². The van der Waals surface area contributed by atoms with Gasteiger partial charge in [0.1, 0.15) is 0 Å². The van der Waals surface area contributed by atoms with Crippen LogP contribution in [0.3, 0.4) is 0 Å². The molecule has 2 aliphatic rings. The third-order valence-corrected chi connectivity index (χ3v) is 7.77. The number of carbonyl (C=O) groups is 2. The van der Waals surface area contributed by atoms with Gasteiger partial charge >= 0.3 is 12.2 Å². The first-order chi connectivity index (χ1) is 19.9. The van der Waals surface area contributed by atoms with Crippen LogP contribution in [0.1, 0.15) is 35.2 Å². The number of aliphatic hydroxyl groups is 1. The van der Waals surface area contributed by atoms with Crippen LogP contribution < -0.4 is 15.5 Å². The molecular weight excluding hydrogens is 585 g/mol. The SMILES string of the molecule is O=C(Nc1ccc(Cl)cc1N1CCN(CCC(F)(F)F)CC1)c1ccc(CNC(=O)N2CCCC(CO)C2)c(F)c1F. The first-order valence-electron chi connectivity index (χ1n) is 13.7. The summed E-state index contributed by atoms with van der Waals surface area (Å²) in [6.45, 7) is 1.93. The van der Waals surface area contributed by atoms with Gasteiger partial charge in [-0.2, -0.15) is 13.2 Å². The Bertz CT molecular complexity index is 1270. The normalized spacial score (nSPS) is 18.2. The highest BCUT2D eigenvalue weighted by molar-refractivity contribution is 6.31. The largest absolute Gasteiger partial charge is 0.396 e. The van der Waals surface area contributed by atoms with E-state index in [9.17, 15) is 32.3 Å². The van der Waals surface area contributed by atoms with E-state index in [4.69, 9.17) is 11.6 Å². The lowest BCUT2D eigenvalue weighted by molar-refractivity contribution is -0.138. The Morgan fingerprint density at radius 2 is 1.76 bits per heavy atom. The molecule has 0 saturated carbocycles. The Kier molecular flexibility index (Phi) is 10.5. The fraction of sp³-hybridized carbons (Fsp3) is 0.500. The Morgan fingerprint density at radius 3 is 2.45 bits per heavy atom. The quantitative estimate of drug-likeness (QED) is 0.369. The molecule has 1 unspecified atom stereocenters. The molecule has 4 rings (SSSR count). The van der Waals surface area contributed by atoms with E-state index < -0.39 is 41.7 Å². The summed E-state index contributed by atoms with van der Waals surface area (Å²) in [6, 6.07) is 6.54. The number of rotatable bonds is 8. The van der Waals surface area contributed by atoms with Crippen LogP contribution in [0.15, 0.2) is 30.3 Å². The zero-order chi connectivity index (χ0) is 30.4. The molecule has 3 N–H and O–H groups in total. The number of piperidine rings is 1. The van der Waals surface area contributed by atoms with Gasteiger partial charge < -0.3 is 25.5 Å². The minimum absolute atomic E-state index is 0.0227. The monoisotopic (exact) mass is 617 g/mol. The summed E-state index contributed by atoms with van der Waals surface area (Å²) in [6.07, 6.45) is -3.59. The highest BCUT2D eigenvalue weighted by Crippen LogP contribution is 2.31. The van der Waals surface area contributed by atoms with Crippen molar-refractivity contribution in [1.29, 1.82) is 0 Å². The molecule has 0 aromatic heterocycles. The molecule has 0 aliphatic carbocycles. The first-order valence-corrected chi connectivity index (χ1v) is 14.1. The molecule has 230 valence electrons. The van der Waals surface area contributed by atoms with Crippen molar-refractivity contribution in [2.24, 2.45) is 5.92 Å². The van der Waals surface area contributed by atoms with Crippen LogP contribution in [0.4, 0.5) is 38.1 Å². The van der Waals surface area contributed by atoms with Crippen LogP contribution in [0, 0.1) is 17.6 Å². The van der Waals surface area contributed by atoms with E-state index in [-0.39, 0.29) is 36.9 Å². The van der Waals surface area contributed by atoms with Crippen molar-refractivity contribution in [2.45, 2.75) is 32.0 Å². The standard InChI is InChI=1S/C28H33ClF5N5O3/c29-20-4-6-22(23(14-20)38-12-10-37(11-13-38)9-7-28(32,33)34)36-26(41)21-5-3-19(24(30)25(21)31)15-35-27(42)39-8-1-2-18(16-39)17-40/h3-6,14,18,40H,1-2,7-13,15-17H2,(H,35,42)(H,36,41). The molecule has 2 aromatic rings. The third-order valence-electron chi connectivity index (χ3n) is 7.53. The Labute approximate surface area is 245 Å². The Hall–Kier alpha value is -3.16. The summed E-state index contributed by atoms with van der Waals surface area (Å²) in [4.78, 5) is 30.6. The second-order valence-corrected chi connectivity index (χ2v) is 10.9. The number of aliphatic hydroxyl groups excluding tert-OH is 1. The maximum Gasteiger partial charge on any atom is 0.390 e. The molecule has 14 heteroatoms. The molecule has 1 atom stereocenters. The number of nitrogens with one attached hydrogen (secondary N) is 2. The number of hydrogen-bond acceptors (Lipinski definition) is 5. The molecule has 0 radical (unpaired) electrons. The van der Waals surface area contributed by atoms with E-state index in [0.717, 1.165) is 18.9 Å². The summed E-state index contributed by atoms with van der Waals surface area (Å²) in [5.74, 6) is -3.56. The molecule has 3 amide bonds. The van der Waals surface area contributed by atoms with E-state index in [1.54, 1.807) is 11.0 Å². The number of nitrogens with zero attached hydrogens (tertiary/aromatic N) is 3. The highest BCUT2D eigenvalue weighted by Gasteiger charge is 2.29. The van der Waals surface area contributed by atoms with Crippen LogP contribution in [0.2, 0.25) is 5.02 Å². The Balaban J connectivity index is 1.39. The molecule has 2 fully saturated rings. The lowest BCUT2D eigenvalue weighted by Gasteiger charge is -2.37. The predicted molar refractivity (Wildman–Crippen MR) is 149 cm³/mol. The van der Waals surface area contributed by atoms with Crippen molar-refractivity contribution in [3.63, 3.8) is 0 Å². The zero-order valence-corrected chi connectivity index (χ0v) is 23.6. The van der Waals surface area contributed by atoms with Gasteiger partial charge in [-0.1, -0.05) is 17.7 Å². The number of piperazine rings is 1. The van der Waals surface area contributed by atoms with Crippen LogP contribution >= 0.6 is 11.6 Å². The van der Waals surface area contributed by atoms with E-state index in [2.05, 4.69) is 10.6 Å². The molecule has 0 bridgehead atoms. The summed E-state index contributed by atoms with van der Waals surface area (Å²) >= 11 is 6.17. The van der Waals surface area contributed by atoms with Crippen molar-refractivity contribution in [3.8, 4) is 0 Å². The summed E-state index contributed by atoms with van der Waals surface area (Å²) in [5, 5.41) is 14.9. The fourth-order valence-electron chi connectivity index (χ4n) is 5.14. The second-order valence-electron chi connectivity index (χ2n) is 10.5. The highest BCUT2D eigenvalue weighted by atomic mass is 35.5. The topological polar surface area (TPSA) is 88.2 Å². The number of likely N-dealkylation sites (tertiary alicyclic amines) is 1. The van der Waals surface area contributed by atoms with E-state index in [1.807, 2.05) is 4.90 Å². The van der Waals surface area contributed by atoms with Gasteiger partial charge in [0.05, 0.1) is 23.4 Å². The molecule has 0 spiro atoms. The van der Waals surface area contributed by atoms with Crippen LogP contribution in [0.25, 0.3) is 0 Å². The van der Waals surface area contributed by atoms with Crippen molar-refractivity contribution in [1.82, 2.24) is 15.1 Å². The maximum atomic E-state index is 15.0. The summed E-state index contributed by atoms with van der Waals surface area (Å²) in [5.41, 5.74) is 0.116. The first kappa shape index (κ1) is 31.8. The van der Waals surface area contributed by atoms with Crippen molar-refractivity contribution in [2.75, 3.05) is 62.6 Å². The number of benzene rings is 2. The molecule has 8 nitrogen and oxygen atoms in total. The molecular formula is C28H33ClF5N5O3. The summed E-state index contributed by atoms with van der Waals surface area (Å²) in [7, 11) is 0. The van der Waals surface area contributed by atoms with Gasteiger partial charge in [-0.05, 0) is 43.0 Å². The van der Waals surface area contributed by atoms with E-state index >= 15 is 4.39 Å². The number of halogens is 6. The van der Waals surface area contributed by atoms with E-state index in [1.165, 1.54) is 23.1 Å². The van der Waals surface area contributed by atoms with Crippen molar-refractivity contribution in [3.05, 3.63) is 58.1 Å². The minimum Gasteiger partial charge on any atom is -0.396 e. The minimum atomic E-state index is -4.24. The van der Waals surface area contributed by atoms with Gasteiger partial charge in [0.25, 0.3) is 5.91 Å². The van der Waals surface area contributed by atoms with Gasteiger partial charge in [-0.15, -0.1) is 0 Å². The lowest BCUT2D eigenvalue weighted by Crippen LogP contribution is -2.47. The summed E-state index contributed by atoms with van der Waals surface area (Å²) < 4.78 is 67.7. The lowest BCUT2D eigenvalue weighted by atomic mass is 9.99. The van der Waals surface area contributed by atoms with Crippen molar-refractivity contribution < 1.29 is 36.6 Å². The number of alkyl halides is 3. The second kappa shape index (κ2) is 13.9. The zero-order valence-electron chi connectivity index (χ0n) is 22.8. The smallest absolute Gasteiger partial charge is 0.390 e. The molecule has 2 aliphatic heterocycles. The predicted octanol–water partition coefficient (Wildman–Crippen LogP) is 4.86. The molecule has 2 heterocycles. The van der Waals surface area contributed by atoms with Gasteiger partial charge in [-0.25, -0.2) is 13.6 Å². The average Bonchev–Trinajstić information content (AvgIpc) is 2.97. The van der Waals surface area contributed by atoms with Crippen LogP contribution in [-0.4, -0.2) is 85.4 Å². The van der Waals surface area contributed by atoms with Gasteiger partial charge in [0.2, 0.25) is 0 Å². The average molecular weight is 618 g/mol. The van der Waals surface area contributed by atoms with Crippen molar-refractivity contribution >= 4 is 34.9 Å². The van der Waals surface area contributed by atoms with Crippen LogP contribution in [0.5, 0.6) is 0 Å². The number of amides is 3. The van der Waals surface area contributed by atoms with Gasteiger partial charge in [0.15, 0.2) is 11.6 Å². The number of anilines is 2. The molecule has 2 saturated heterocycles. The fourth-order valence-corrected chi connectivity index (χ4v) is 5.31. The van der Waals surface area contributed by atoms with E-state index in [0.29, 0.717) is 50.0 Å². The number of urea groups is 1. The number of hydrogen-bond donors (Lipinski definition) is 3. The third kappa shape index (κ3) is 8.23. The molecule has 42 heavy (non-hydrogen) atoms. The number of carbonyl (C=O) groups excluding carboxylic acids is 2.